The first-order chi connectivity index (χ1) is 17.7. The van der Waals surface area contributed by atoms with Gasteiger partial charge in [-0.05, 0) is 88.3 Å². The van der Waals surface area contributed by atoms with Crippen molar-refractivity contribution in [3.8, 4) is 33.5 Å². The van der Waals surface area contributed by atoms with Crippen molar-refractivity contribution < 1.29 is 4.42 Å². The van der Waals surface area contributed by atoms with Crippen molar-refractivity contribution in [1.29, 1.82) is 0 Å². The third-order valence-corrected chi connectivity index (χ3v) is 7.35. The van der Waals surface area contributed by atoms with E-state index in [-0.39, 0.29) is 0 Å². The Hall–Kier alpha value is -4.03. The fraction of sp³-hybridized carbons (Fsp3) is 0. The van der Waals surface area contributed by atoms with Gasteiger partial charge in [0.1, 0.15) is 11.2 Å². The number of benzene rings is 4. The van der Waals surface area contributed by atoms with Gasteiger partial charge in [0, 0.05) is 48.8 Å². The van der Waals surface area contributed by atoms with Crippen molar-refractivity contribution in [1.82, 2.24) is 9.97 Å². The van der Waals surface area contributed by atoms with Gasteiger partial charge in [-0.25, -0.2) is 0 Å². The summed E-state index contributed by atoms with van der Waals surface area (Å²) < 4.78 is 7.20. The molecule has 0 aliphatic rings. The van der Waals surface area contributed by atoms with Crippen LogP contribution in [0.15, 0.2) is 120 Å². The van der Waals surface area contributed by atoms with Crippen LogP contribution in [0.5, 0.6) is 0 Å². The topological polar surface area (TPSA) is 38.9 Å². The second kappa shape index (κ2) is 8.57. The van der Waals surface area contributed by atoms with Crippen molar-refractivity contribution in [3.05, 3.63) is 119 Å². The fourth-order valence-corrected chi connectivity index (χ4v) is 5.08. The predicted molar refractivity (Wildman–Crippen MR) is 156 cm³/mol. The number of pyridine rings is 2. The van der Waals surface area contributed by atoms with Crippen molar-refractivity contribution >= 4 is 55.4 Å². The number of halogens is 1. The van der Waals surface area contributed by atoms with Crippen LogP contribution in [0.2, 0.25) is 0 Å². The normalized spacial score (nSPS) is 11.5. The van der Waals surface area contributed by atoms with E-state index in [1.54, 1.807) is 0 Å². The number of furan rings is 1. The molecule has 0 radical (unpaired) electrons. The summed E-state index contributed by atoms with van der Waals surface area (Å²) >= 11 is 2.33. The van der Waals surface area contributed by atoms with E-state index < -0.39 is 0 Å². The monoisotopic (exact) mass is 574 g/mol. The lowest BCUT2D eigenvalue weighted by Crippen LogP contribution is -1.88. The van der Waals surface area contributed by atoms with E-state index in [9.17, 15) is 0 Å². The van der Waals surface area contributed by atoms with Crippen molar-refractivity contribution in [2.75, 3.05) is 0 Å². The minimum absolute atomic E-state index is 0.893. The van der Waals surface area contributed by atoms with Crippen LogP contribution < -0.4 is 0 Å². The van der Waals surface area contributed by atoms with E-state index in [2.05, 4.69) is 101 Å². The van der Waals surface area contributed by atoms with Gasteiger partial charge in [0.25, 0.3) is 0 Å². The van der Waals surface area contributed by atoms with Crippen molar-refractivity contribution in [2.45, 2.75) is 0 Å². The van der Waals surface area contributed by atoms with Gasteiger partial charge in [-0.2, -0.15) is 0 Å². The van der Waals surface area contributed by atoms with Gasteiger partial charge in [0.05, 0.1) is 11.2 Å². The Labute approximate surface area is 221 Å². The molecule has 7 aromatic rings. The van der Waals surface area contributed by atoms with Crippen LogP contribution in [0.4, 0.5) is 0 Å². The number of hydrogen-bond acceptors (Lipinski definition) is 3. The zero-order valence-corrected chi connectivity index (χ0v) is 21.3. The van der Waals surface area contributed by atoms with E-state index in [0.717, 1.165) is 55.2 Å². The average Bonchev–Trinajstić information content (AvgIpc) is 3.31. The maximum atomic E-state index is 5.96. The highest BCUT2D eigenvalue weighted by atomic mass is 127. The summed E-state index contributed by atoms with van der Waals surface area (Å²) in [5, 5.41) is 3.35. The molecule has 3 nitrogen and oxygen atoms in total. The van der Waals surface area contributed by atoms with Crippen LogP contribution in [0.25, 0.3) is 66.4 Å². The average molecular weight is 574 g/mol. The SMILES string of the molecule is Ic1ccc(-c2ccc3cc(-c4ccc(-c5ccc6oc7ccccc7c6c5)nc4)cnc3c2)cc1. The lowest BCUT2D eigenvalue weighted by Gasteiger charge is -2.07. The Balaban J connectivity index is 1.20. The van der Waals surface area contributed by atoms with Crippen LogP contribution >= 0.6 is 22.6 Å². The number of rotatable bonds is 3. The Morgan fingerprint density at radius 3 is 2.14 bits per heavy atom. The number of hydrogen-bond donors (Lipinski definition) is 0. The largest absolute Gasteiger partial charge is 0.456 e. The van der Waals surface area contributed by atoms with Crippen molar-refractivity contribution in [2.24, 2.45) is 0 Å². The molecule has 0 amide bonds. The molecular formula is C32H19IN2O. The first kappa shape index (κ1) is 21.3. The minimum atomic E-state index is 0.893. The van der Waals surface area contributed by atoms with E-state index in [1.807, 2.05) is 36.7 Å². The summed E-state index contributed by atoms with van der Waals surface area (Å²) in [7, 11) is 0. The highest BCUT2D eigenvalue weighted by Crippen LogP contribution is 2.33. The minimum Gasteiger partial charge on any atom is -0.456 e. The third kappa shape index (κ3) is 3.74. The van der Waals surface area contributed by atoms with Gasteiger partial charge in [0.2, 0.25) is 0 Å². The van der Waals surface area contributed by atoms with Crippen LogP contribution in [-0.4, -0.2) is 9.97 Å². The lowest BCUT2D eigenvalue weighted by molar-refractivity contribution is 0.669. The molecule has 7 rings (SSSR count). The summed E-state index contributed by atoms with van der Waals surface area (Å²) in [4.78, 5) is 9.54. The highest BCUT2D eigenvalue weighted by Gasteiger charge is 2.10. The molecule has 0 aliphatic carbocycles. The molecule has 4 aromatic carbocycles. The Morgan fingerprint density at radius 1 is 0.528 bits per heavy atom. The zero-order valence-electron chi connectivity index (χ0n) is 19.2. The number of nitrogens with zero attached hydrogens (tertiary/aromatic N) is 2. The molecule has 0 atom stereocenters. The Morgan fingerprint density at radius 2 is 1.28 bits per heavy atom. The third-order valence-electron chi connectivity index (χ3n) is 6.63. The molecule has 3 heterocycles. The first-order valence-corrected chi connectivity index (χ1v) is 12.8. The quantitative estimate of drug-likeness (QED) is 0.198. The van der Waals surface area contributed by atoms with Crippen molar-refractivity contribution in [3.63, 3.8) is 0 Å². The van der Waals surface area contributed by atoms with Gasteiger partial charge in [0.15, 0.2) is 0 Å². The molecule has 0 saturated carbocycles. The standard InChI is InChI=1S/C32H19IN2O/c33-26-11-7-20(8-12-26)21-5-6-22-15-25(19-35-30(22)17-21)24-9-13-29(34-18-24)23-10-14-32-28(16-23)27-3-1-2-4-31(27)36-32/h1-19H. The zero-order chi connectivity index (χ0) is 24.1. The van der Waals surface area contributed by atoms with E-state index in [0.29, 0.717) is 0 Å². The predicted octanol–water partition coefficient (Wildman–Crippen LogP) is 9.13. The van der Waals surface area contributed by atoms with E-state index in [4.69, 9.17) is 14.4 Å². The molecule has 4 heteroatoms. The molecule has 0 spiro atoms. The second-order valence-electron chi connectivity index (χ2n) is 8.88. The van der Waals surface area contributed by atoms with E-state index >= 15 is 0 Å². The molecule has 0 aliphatic heterocycles. The van der Waals surface area contributed by atoms with Crippen LogP contribution in [-0.2, 0) is 0 Å². The molecule has 3 aromatic heterocycles. The van der Waals surface area contributed by atoms with Crippen LogP contribution in [0.1, 0.15) is 0 Å². The summed E-state index contributed by atoms with van der Waals surface area (Å²) in [6.07, 6.45) is 3.86. The van der Waals surface area contributed by atoms with E-state index in [1.165, 1.54) is 14.7 Å². The molecule has 0 fully saturated rings. The summed E-state index contributed by atoms with van der Waals surface area (Å²) in [6, 6.07) is 35.8. The summed E-state index contributed by atoms with van der Waals surface area (Å²) in [5.74, 6) is 0. The highest BCUT2D eigenvalue weighted by molar-refractivity contribution is 14.1. The van der Waals surface area contributed by atoms with Gasteiger partial charge in [-0.15, -0.1) is 0 Å². The lowest BCUT2D eigenvalue weighted by atomic mass is 10.0. The smallest absolute Gasteiger partial charge is 0.135 e. The van der Waals surface area contributed by atoms with Crippen LogP contribution in [0, 0.1) is 3.57 Å². The molecule has 0 saturated heterocycles. The Bertz CT molecular complexity index is 1890. The first-order valence-electron chi connectivity index (χ1n) is 11.8. The molecule has 0 N–H and O–H groups in total. The summed E-state index contributed by atoms with van der Waals surface area (Å²) in [6.45, 7) is 0. The molecule has 0 bridgehead atoms. The van der Waals surface area contributed by atoms with Gasteiger partial charge in [-0.3, -0.25) is 9.97 Å². The number of fused-ring (bicyclic) bond motifs is 4. The molecule has 170 valence electrons. The number of para-hydroxylation sites is 1. The summed E-state index contributed by atoms with van der Waals surface area (Å²) in [5.41, 5.74) is 9.26. The second-order valence-corrected chi connectivity index (χ2v) is 10.1. The molecular weight excluding hydrogens is 555 g/mol. The Kier molecular flexibility index (Phi) is 5.06. The number of aromatic nitrogens is 2. The van der Waals surface area contributed by atoms with Crippen LogP contribution in [0.3, 0.4) is 0 Å². The fourth-order valence-electron chi connectivity index (χ4n) is 4.72. The maximum Gasteiger partial charge on any atom is 0.135 e. The van der Waals surface area contributed by atoms with Gasteiger partial charge in [-0.1, -0.05) is 48.5 Å². The molecule has 0 unspecified atom stereocenters. The van der Waals surface area contributed by atoms with Gasteiger partial charge >= 0.3 is 0 Å². The maximum absolute atomic E-state index is 5.96. The van der Waals surface area contributed by atoms with Gasteiger partial charge < -0.3 is 4.42 Å². The molecule has 36 heavy (non-hydrogen) atoms.